The number of hydrogen-bond acceptors (Lipinski definition) is 4. The minimum atomic E-state index is 0.197. The molecule has 0 saturated carbocycles. The van der Waals surface area contributed by atoms with Gasteiger partial charge < -0.3 is 9.47 Å². The van der Waals surface area contributed by atoms with Crippen LogP contribution in [0.15, 0.2) is 18.2 Å². The van der Waals surface area contributed by atoms with Gasteiger partial charge in [0.1, 0.15) is 12.1 Å². The molecule has 0 atom stereocenters. The molecule has 4 nitrogen and oxygen atoms in total. The van der Waals surface area contributed by atoms with Crippen molar-refractivity contribution in [2.24, 2.45) is 0 Å². The van der Waals surface area contributed by atoms with E-state index in [9.17, 15) is 10.5 Å². The normalized spacial score (nSPS) is 12.1. The summed E-state index contributed by atoms with van der Waals surface area (Å²) < 4.78 is 10.8. The van der Waals surface area contributed by atoms with E-state index in [0.717, 1.165) is 35.6 Å². The van der Waals surface area contributed by atoms with Crippen LogP contribution in [0.4, 0.5) is 0 Å². The van der Waals surface area contributed by atoms with Gasteiger partial charge in [-0.15, -0.1) is 0 Å². The lowest BCUT2D eigenvalue weighted by Gasteiger charge is -2.10. The van der Waals surface area contributed by atoms with Crippen LogP contribution in [0.5, 0.6) is 11.5 Å². The van der Waals surface area contributed by atoms with Gasteiger partial charge in [0.25, 0.3) is 0 Å². The molecule has 2 aromatic carbocycles. The van der Waals surface area contributed by atoms with Crippen molar-refractivity contribution in [1.29, 1.82) is 10.5 Å². The van der Waals surface area contributed by atoms with Crippen molar-refractivity contribution in [3.05, 3.63) is 34.9 Å². The van der Waals surface area contributed by atoms with Gasteiger partial charge in [-0.25, -0.2) is 0 Å². The van der Waals surface area contributed by atoms with Crippen molar-refractivity contribution in [2.75, 3.05) is 6.79 Å². The smallest absolute Gasteiger partial charge is 0.231 e. The number of nitrogens with zero attached hydrogens (tertiary/aromatic N) is 2. The minimum absolute atomic E-state index is 0.197. The zero-order valence-electron chi connectivity index (χ0n) is 13.9. The summed E-state index contributed by atoms with van der Waals surface area (Å²) in [6.07, 6.45) is 6.69. The molecule has 0 amide bonds. The number of ether oxygens (including phenoxy) is 2. The monoisotopic (exact) mass is 320 g/mol. The Labute approximate surface area is 142 Å². The second kappa shape index (κ2) is 7.23. The molecular formula is C20H20N2O2. The molecule has 1 heterocycles. The first kappa shape index (κ1) is 16.1. The van der Waals surface area contributed by atoms with Crippen LogP contribution in [0.2, 0.25) is 0 Å². The van der Waals surface area contributed by atoms with Gasteiger partial charge in [-0.2, -0.15) is 10.5 Å². The minimum Gasteiger partial charge on any atom is -0.454 e. The highest BCUT2D eigenvalue weighted by molar-refractivity contribution is 5.93. The second-order valence-corrected chi connectivity index (χ2v) is 6.10. The maximum atomic E-state index is 9.59. The third kappa shape index (κ3) is 3.01. The molecule has 0 fully saturated rings. The summed E-state index contributed by atoms with van der Waals surface area (Å²) in [5, 5.41) is 20.8. The van der Waals surface area contributed by atoms with Crippen molar-refractivity contribution in [3.8, 4) is 23.6 Å². The highest BCUT2D eigenvalue weighted by atomic mass is 16.7. The zero-order chi connectivity index (χ0) is 16.9. The van der Waals surface area contributed by atoms with Crippen molar-refractivity contribution < 1.29 is 9.47 Å². The fraction of sp³-hybridized carbons (Fsp3) is 0.400. The maximum absolute atomic E-state index is 9.59. The standard InChI is InChI=1S/C20H20N2O2/c1-2-3-4-5-6-7-14-8-15-9-19-20(24-13-23-19)10-16(15)18(12-22)17(14)11-21/h8-10H,2-7,13H2,1H3. The van der Waals surface area contributed by atoms with Gasteiger partial charge in [-0.3, -0.25) is 0 Å². The molecule has 24 heavy (non-hydrogen) atoms. The number of unbranched alkanes of at least 4 members (excludes halogenated alkanes) is 4. The lowest BCUT2D eigenvalue weighted by atomic mass is 9.92. The van der Waals surface area contributed by atoms with Crippen LogP contribution in [-0.2, 0) is 6.42 Å². The first-order valence-electron chi connectivity index (χ1n) is 8.48. The van der Waals surface area contributed by atoms with Gasteiger partial charge in [0, 0.05) is 5.39 Å². The Balaban J connectivity index is 1.98. The topological polar surface area (TPSA) is 66.0 Å². The molecule has 0 saturated heterocycles. The summed E-state index contributed by atoms with van der Waals surface area (Å²) >= 11 is 0. The average Bonchev–Trinajstić information content (AvgIpc) is 3.05. The Bertz CT molecular complexity index is 844. The van der Waals surface area contributed by atoms with Gasteiger partial charge in [-0.05, 0) is 42.0 Å². The number of hydrogen-bond donors (Lipinski definition) is 0. The van der Waals surface area contributed by atoms with Crippen LogP contribution in [0.3, 0.4) is 0 Å². The van der Waals surface area contributed by atoms with Gasteiger partial charge in [0.2, 0.25) is 6.79 Å². The van der Waals surface area contributed by atoms with E-state index >= 15 is 0 Å². The molecule has 0 unspecified atom stereocenters. The summed E-state index contributed by atoms with van der Waals surface area (Å²) in [7, 11) is 0. The van der Waals surface area contributed by atoms with Crippen molar-refractivity contribution in [1.82, 2.24) is 0 Å². The molecule has 0 bridgehead atoms. The molecule has 122 valence electrons. The van der Waals surface area contributed by atoms with Gasteiger partial charge >= 0.3 is 0 Å². The van der Waals surface area contributed by atoms with Crippen molar-refractivity contribution in [2.45, 2.75) is 45.4 Å². The first-order chi connectivity index (χ1) is 11.8. The Kier molecular flexibility index (Phi) is 4.87. The summed E-state index contributed by atoms with van der Waals surface area (Å²) in [5.41, 5.74) is 1.90. The van der Waals surface area contributed by atoms with E-state index in [1.54, 1.807) is 0 Å². The quantitative estimate of drug-likeness (QED) is 0.715. The fourth-order valence-electron chi connectivity index (χ4n) is 3.21. The van der Waals surface area contributed by atoms with Gasteiger partial charge in [0.05, 0.1) is 11.1 Å². The summed E-state index contributed by atoms with van der Waals surface area (Å²) in [4.78, 5) is 0. The number of fused-ring (bicyclic) bond motifs is 2. The summed E-state index contributed by atoms with van der Waals surface area (Å²) in [5.74, 6) is 1.33. The molecule has 4 heteroatoms. The molecule has 1 aliphatic rings. The molecule has 0 aliphatic carbocycles. The summed E-state index contributed by atoms with van der Waals surface area (Å²) in [6, 6.07) is 10.2. The fourth-order valence-corrected chi connectivity index (χ4v) is 3.21. The summed E-state index contributed by atoms with van der Waals surface area (Å²) in [6.45, 7) is 2.39. The maximum Gasteiger partial charge on any atom is 0.231 e. The molecular weight excluding hydrogens is 300 g/mol. The molecule has 0 radical (unpaired) electrons. The third-order valence-corrected chi connectivity index (χ3v) is 4.49. The molecule has 3 rings (SSSR count). The lowest BCUT2D eigenvalue weighted by Crippen LogP contribution is -1.97. The first-order valence-corrected chi connectivity index (χ1v) is 8.48. The van der Waals surface area contributed by atoms with Crippen LogP contribution in [0.25, 0.3) is 10.8 Å². The van der Waals surface area contributed by atoms with Crippen LogP contribution in [0, 0.1) is 22.7 Å². The average molecular weight is 320 g/mol. The highest BCUT2D eigenvalue weighted by Crippen LogP contribution is 2.38. The number of nitriles is 2. The van der Waals surface area contributed by atoms with Crippen LogP contribution >= 0.6 is 0 Å². The van der Waals surface area contributed by atoms with E-state index in [0.29, 0.717) is 22.6 Å². The molecule has 0 N–H and O–H groups in total. The Morgan fingerprint density at radius 1 is 0.917 bits per heavy atom. The van der Waals surface area contributed by atoms with Crippen molar-refractivity contribution >= 4 is 10.8 Å². The second-order valence-electron chi connectivity index (χ2n) is 6.10. The number of aryl methyl sites for hydroxylation is 1. The van der Waals surface area contributed by atoms with E-state index in [1.165, 1.54) is 19.3 Å². The molecule has 2 aromatic rings. The molecule has 0 spiro atoms. The van der Waals surface area contributed by atoms with E-state index < -0.39 is 0 Å². The third-order valence-electron chi connectivity index (χ3n) is 4.49. The number of benzene rings is 2. The van der Waals surface area contributed by atoms with E-state index in [4.69, 9.17) is 9.47 Å². The van der Waals surface area contributed by atoms with E-state index in [1.807, 2.05) is 18.2 Å². The van der Waals surface area contributed by atoms with Gasteiger partial charge in [-0.1, -0.05) is 32.6 Å². The Morgan fingerprint density at radius 2 is 1.62 bits per heavy atom. The lowest BCUT2D eigenvalue weighted by molar-refractivity contribution is 0.174. The molecule has 1 aliphatic heterocycles. The predicted molar refractivity (Wildman–Crippen MR) is 92.0 cm³/mol. The highest BCUT2D eigenvalue weighted by Gasteiger charge is 2.19. The predicted octanol–water partition coefficient (Wildman–Crippen LogP) is 4.82. The molecule has 0 aromatic heterocycles. The van der Waals surface area contributed by atoms with Crippen LogP contribution < -0.4 is 9.47 Å². The van der Waals surface area contributed by atoms with E-state index in [2.05, 4.69) is 19.1 Å². The SMILES string of the molecule is CCCCCCCc1cc2cc3c(cc2c(C#N)c1C#N)OCO3. The van der Waals surface area contributed by atoms with Gasteiger partial charge in [0.15, 0.2) is 11.5 Å². The Morgan fingerprint density at radius 3 is 2.33 bits per heavy atom. The largest absolute Gasteiger partial charge is 0.454 e. The number of rotatable bonds is 6. The Hall–Kier alpha value is -2.72. The van der Waals surface area contributed by atoms with E-state index in [-0.39, 0.29) is 6.79 Å². The zero-order valence-corrected chi connectivity index (χ0v) is 13.9. The van der Waals surface area contributed by atoms with Crippen LogP contribution in [-0.4, -0.2) is 6.79 Å². The van der Waals surface area contributed by atoms with Crippen molar-refractivity contribution in [3.63, 3.8) is 0 Å². The van der Waals surface area contributed by atoms with Crippen LogP contribution in [0.1, 0.15) is 55.7 Å².